The number of carbonyl (C=O) groups is 1. The molecule has 4 rings (SSSR count). The van der Waals surface area contributed by atoms with Crippen LogP contribution in [0.25, 0.3) is 0 Å². The highest BCUT2D eigenvalue weighted by Gasteiger charge is 2.61. The molecule has 7 heteroatoms. The average molecular weight is 415 g/mol. The highest BCUT2D eigenvalue weighted by Crippen LogP contribution is 2.61. The molecule has 1 heterocycles. The van der Waals surface area contributed by atoms with Crippen molar-refractivity contribution >= 4 is 15.9 Å². The highest BCUT2D eigenvalue weighted by molar-refractivity contribution is 7.89. The fourth-order valence-electron chi connectivity index (χ4n) is 4.23. The van der Waals surface area contributed by atoms with Gasteiger partial charge in [0.15, 0.2) is 0 Å². The Kier molecular flexibility index (Phi) is 4.91. The zero-order valence-corrected chi connectivity index (χ0v) is 17.5. The molecular formula is C22H26N2O4S. The van der Waals surface area contributed by atoms with E-state index < -0.39 is 10.0 Å². The van der Waals surface area contributed by atoms with Gasteiger partial charge in [-0.2, -0.15) is 0 Å². The molecule has 0 radical (unpaired) electrons. The van der Waals surface area contributed by atoms with Crippen molar-refractivity contribution < 1.29 is 17.9 Å². The lowest BCUT2D eigenvalue weighted by Crippen LogP contribution is -2.30. The Morgan fingerprint density at radius 3 is 2.62 bits per heavy atom. The van der Waals surface area contributed by atoms with Crippen LogP contribution >= 0.6 is 0 Å². The summed E-state index contributed by atoms with van der Waals surface area (Å²) in [5.74, 6) is 1.29. The number of benzene rings is 2. The van der Waals surface area contributed by atoms with Crippen molar-refractivity contribution in [2.24, 2.45) is 11.1 Å². The maximum Gasteiger partial charge on any atom is 0.238 e. The molecule has 2 aromatic rings. The normalized spacial score (nSPS) is 22.8. The van der Waals surface area contributed by atoms with Gasteiger partial charge in [-0.15, -0.1) is 0 Å². The van der Waals surface area contributed by atoms with E-state index in [9.17, 15) is 13.2 Å². The van der Waals surface area contributed by atoms with Crippen molar-refractivity contribution in [1.82, 2.24) is 5.32 Å². The molecule has 1 saturated carbocycles. The van der Waals surface area contributed by atoms with Crippen LogP contribution in [0.1, 0.15) is 49.3 Å². The lowest BCUT2D eigenvalue weighted by atomic mass is 9.85. The zero-order valence-electron chi connectivity index (χ0n) is 16.6. The first kappa shape index (κ1) is 19.9. The number of amides is 1. The Balaban J connectivity index is 1.46. The minimum Gasteiger partial charge on any atom is -0.493 e. The number of ether oxygens (including phenoxy) is 1. The fraction of sp³-hybridized carbons (Fsp3) is 0.409. The van der Waals surface area contributed by atoms with Gasteiger partial charge >= 0.3 is 0 Å². The number of hydrogen-bond donors (Lipinski definition) is 2. The molecule has 154 valence electrons. The molecule has 2 atom stereocenters. The molecule has 3 N–H and O–H groups in total. The monoisotopic (exact) mass is 414 g/mol. The summed E-state index contributed by atoms with van der Waals surface area (Å²) >= 11 is 0. The second-order valence-electron chi connectivity index (χ2n) is 8.33. The smallest absolute Gasteiger partial charge is 0.238 e. The number of nitrogens with one attached hydrogen (secondary N) is 1. The van der Waals surface area contributed by atoms with Crippen LogP contribution in [0.5, 0.6) is 5.75 Å². The first-order valence-electron chi connectivity index (χ1n) is 9.87. The molecule has 29 heavy (non-hydrogen) atoms. The number of sulfonamides is 1. The van der Waals surface area contributed by atoms with Gasteiger partial charge in [0.05, 0.1) is 11.5 Å². The van der Waals surface area contributed by atoms with E-state index in [0.29, 0.717) is 19.1 Å². The Morgan fingerprint density at radius 2 is 1.97 bits per heavy atom. The van der Waals surface area contributed by atoms with E-state index in [1.54, 1.807) is 12.1 Å². The largest absolute Gasteiger partial charge is 0.493 e. The Labute approximate surface area is 171 Å². The van der Waals surface area contributed by atoms with Crippen LogP contribution in [0.4, 0.5) is 0 Å². The van der Waals surface area contributed by atoms with Gasteiger partial charge in [-0.05, 0) is 48.1 Å². The molecular weight excluding hydrogens is 388 g/mol. The summed E-state index contributed by atoms with van der Waals surface area (Å²) in [7, 11) is -3.71. The maximum absolute atomic E-state index is 12.8. The van der Waals surface area contributed by atoms with Crippen LogP contribution in [-0.4, -0.2) is 20.9 Å². The van der Waals surface area contributed by atoms with Crippen molar-refractivity contribution in [3.05, 3.63) is 59.2 Å². The standard InChI is InChI=1S/C22H26N2O4S/c1-14(2)16-5-8-20-18(11-16)22(9-10-28-20)12-19(22)21(25)24-13-15-3-6-17(7-4-15)29(23,26)27/h3-8,11,14,19H,9-10,12-13H2,1-2H3,(H,24,25)(H2,23,26,27)/t19-,22-/m0/s1. The molecule has 1 amide bonds. The molecule has 2 aromatic carbocycles. The first-order chi connectivity index (χ1) is 13.7. The quantitative estimate of drug-likeness (QED) is 0.786. The minimum atomic E-state index is -3.71. The van der Waals surface area contributed by atoms with Crippen molar-refractivity contribution in [3.8, 4) is 5.75 Å². The van der Waals surface area contributed by atoms with Crippen LogP contribution in [0.3, 0.4) is 0 Å². The predicted molar refractivity (Wildman–Crippen MR) is 110 cm³/mol. The first-order valence-corrected chi connectivity index (χ1v) is 11.4. The van der Waals surface area contributed by atoms with Gasteiger partial charge in [0.25, 0.3) is 0 Å². The Morgan fingerprint density at radius 1 is 1.24 bits per heavy atom. The van der Waals surface area contributed by atoms with Crippen LogP contribution in [0, 0.1) is 5.92 Å². The predicted octanol–water partition coefficient (Wildman–Crippen LogP) is 2.81. The summed E-state index contributed by atoms with van der Waals surface area (Å²) in [4.78, 5) is 12.9. The summed E-state index contributed by atoms with van der Waals surface area (Å²) in [6.45, 7) is 5.31. The number of nitrogens with two attached hydrogens (primary N) is 1. The third-order valence-electron chi connectivity index (χ3n) is 6.12. The van der Waals surface area contributed by atoms with Crippen LogP contribution < -0.4 is 15.2 Å². The second kappa shape index (κ2) is 7.15. The molecule has 0 bridgehead atoms. The van der Waals surface area contributed by atoms with Gasteiger partial charge in [0.1, 0.15) is 5.75 Å². The van der Waals surface area contributed by atoms with E-state index in [0.717, 1.165) is 29.7 Å². The summed E-state index contributed by atoms with van der Waals surface area (Å²) in [6.07, 6.45) is 1.68. The molecule has 0 aromatic heterocycles. The lowest BCUT2D eigenvalue weighted by molar-refractivity contribution is -0.123. The van der Waals surface area contributed by atoms with E-state index in [2.05, 4.69) is 31.3 Å². The molecule has 1 fully saturated rings. The summed E-state index contributed by atoms with van der Waals surface area (Å²) in [5.41, 5.74) is 3.12. The van der Waals surface area contributed by atoms with Gasteiger partial charge < -0.3 is 10.1 Å². The van der Waals surface area contributed by atoms with E-state index in [-0.39, 0.29) is 22.1 Å². The molecule has 0 saturated heterocycles. The zero-order chi connectivity index (χ0) is 20.8. The molecule has 1 aliphatic carbocycles. The third-order valence-corrected chi connectivity index (χ3v) is 7.05. The highest BCUT2D eigenvalue weighted by atomic mass is 32.2. The van der Waals surface area contributed by atoms with Crippen molar-refractivity contribution in [1.29, 1.82) is 0 Å². The van der Waals surface area contributed by atoms with Crippen LogP contribution in [-0.2, 0) is 26.8 Å². The molecule has 0 unspecified atom stereocenters. The van der Waals surface area contributed by atoms with E-state index >= 15 is 0 Å². The maximum atomic E-state index is 12.8. The topological polar surface area (TPSA) is 98.5 Å². The van der Waals surface area contributed by atoms with Gasteiger partial charge in [0.2, 0.25) is 15.9 Å². The van der Waals surface area contributed by atoms with Gasteiger partial charge in [0, 0.05) is 23.4 Å². The van der Waals surface area contributed by atoms with E-state index in [1.165, 1.54) is 17.7 Å². The average Bonchev–Trinajstić information content (AvgIpc) is 3.40. The second-order valence-corrected chi connectivity index (χ2v) is 9.89. The number of rotatable bonds is 5. The van der Waals surface area contributed by atoms with Gasteiger partial charge in [-0.25, -0.2) is 13.6 Å². The van der Waals surface area contributed by atoms with Gasteiger partial charge in [-0.1, -0.05) is 38.1 Å². The lowest BCUT2D eigenvalue weighted by Gasteiger charge is -2.28. The molecule has 1 aliphatic heterocycles. The Hall–Kier alpha value is -2.38. The molecule has 6 nitrogen and oxygen atoms in total. The SMILES string of the molecule is CC(C)c1ccc2c(c1)[C@]1(CCO2)C[C@H]1C(=O)NCc1ccc(S(N)(=O)=O)cc1. The number of fused-ring (bicyclic) bond motifs is 2. The van der Waals surface area contributed by atoms with Crippen molar-refractivity contribution in [3.63, 3.8) is 0 Å². The van der Waals surface area contributed by atoms with E-state index in [1.807, 2.05) is 6.07 Å². The summed E-state index contributed by atoms with van der Waals surface area (Å²) < 4.78 is 28.5. The van der Waals surface area contributed by atoms with E-state index in [4.69, 9.17) is 9.88 Å². The molecule has 2 aliphatic rings. The number of hydrogen-bond acceptors (Lipinski definition) is 4. The Bertz CT molecular complexity index is 1050. The van der Waals surface area contributed by atoms with Crippen molar-refractivity contribution in [2.45, 2.75) is 49.5 Å². The van der Waals surface area contributed by atoms with Gasteiger partial charge in [-0.3, -0.25) is 4.79 Å². The summed E-state index contributed by atoms with van der Waals surface area (Å²) in [6, 6.07) is 12.6. The third kappa shape index (κ3) is 3.76. The fourth-order valence-corrected chi connectivity index (χ4v) is 4.75. The number of primary sulfonamides is 1. The minimum absolute atomic E-state index is 0.0309. The summed E-state index contributed by atoms with van der Waals surface area (Å²) in [5, 5.41) is 8.12. The van der Waals surface area contributed by atoms with Crippen molar-refractivity contribution in [2.75, 3.05) is 6.61 Å². The number of carbonyl (C=O) groups excluding carboxylic acids is 1. The van der Waals surface area contributed by atoms with Crippen LogP contribution in [0.15, 0.2) is 47.4 Å². The van der Waals surface area contributed by atoms with Crippen LogP contribution in [0.2, 0.25) is 0 Å². The molecule has 1 spiro atoms.